The molecule has 1 aliphatic rings. The first kappa shape index (κ1) is 12.5. The molecule has 0 aromatic heterocycles. The Bertz CT molecular complexity index is 203. The summed E-state index contributed by atoms with van der Waals surface area (Å²) < 4.78 is 5.34. The van der Waals surface area contributed by atoms with Crippen LogP contribution in [0.3, 0.4) is 0 Å². The predicted molar refractivity (Wildman–Crippen MR) is 59.4 cm³/mol. The van der Waals surface area contributed by atoms with Gasteiger partial charge in [-0.2, -0.15) is 0 Å². The van der Waals surface area contributed by atoms with Crippen LogP contribution in [0.15, 0.2) is 0 Å². The van der Waals surface area contributed by atoms with Gasteiger partial charge in [-0.25, -0.2) is 0 Å². The molecule has 1 rings (SSSR count). The van der Waals surface area contributed by atoms with Crippen molar-refractivity contribution in [1.29, 1.82) is 0 Å². The van der Waals surface area contributed by atoms with Crippen LogP contribution in [0.2, 0.25) is 0 Å². The zero-order valence-electron chi connectivity index (χ0n) is 9.74. The summed E-state index contributed by atoms with van der Waals surface area (Å²) in [5.74, 6) is 0.248. The van der Waals surface area contributed by atoms with E-state index in [9.17, 15) is 4.79 Å². The minimum absolute atomic E-state index is 0.0485. The molecule has 0 aromatic rings. The van der Waals surface area contributed by atoms with E-state index in [1.807, 2.05) is 7.05 Å². The first-order valence-corrected chi connectivity index (χ1v) is 5.75. The molecule has 0 radical (unpaired) electrons. The lowest BCUT2D eigenvalue weighted by molar-refractivity contribution is -0.133. The van der Waals surface area contributed by atoms with Crippen LogP contribution < -0.4 is 5.73 Å². The van der Waals surface area contributed by atoms with Crippen molar-refractivity contribution in [3.8, 4) is 0 Å². The second kappa shape index (κ2) is 6.08. The Balaban J connectivity index is 2.43. The SMILES string of the molecule is CCCN(C)C(=O)C(N)C1CCCOC1. The normalized spacial score (nSPS) is 23.5. The molecule has 15 heavy (non-hydrogen) atoms. The molecule has 0 aliphatic carbocycles. The number of likely N-dealkylation sites (N-methyl/N-ethyl adjacent to an activating group) is 1. The fraction of sp³-hybridized carbons (Fsp3) is 0.909. The van der Waals surface area contributed by atoms with Crippen molar-refractivity contribution in [1.82, 2.24) is 4.90 Å². The van der Waals surface area contributed by atoms with Crippen LogP contribution in [0.4, 0.5) is 0 Å². The van der Waals surface area contributed by atoms with Crippen LogP contribution in [0.25, 0.3) is 0 Å². The fourth-order valence-electron chi connectivity index (χ4n) is 1.95. The first-order valence-electron chi connectivity index (χ1n) is 5.75. The second-order valence-corrected chi connectivity index (χ2v) is 4.26. The van der Waals surface area contributed by atoms with Gasteiger partial charge in [0, 0.05) is 26.1 Å². The Morgan fingerprint density at radius 3 is 2.93 bits per heavy atom. The van der Waals surface area contributed by atoms with Crippen molar-refractivity contribution in [2.75, 3.05) is 26.8 Å². The number of amides is 1. The minimum Gasteiger partial charge on any atom is -0.381 e. The molecule has 1 aliphatic heterocycles. The smallest absolute Gasteiger partial charge is 0.239 e. The Kier molecular flexibility index (Phi) is 5.05. The van der Waals surface area contributed by atoms with E-state index < -0.39 is 0 Å². The Hall–Kier alpha value is -0.610. The molecule has 2 atom stereocenters. The summed E-state index contributed by atoms with van der Waals surface area (Å²) in [5, 5.41) is 0. The van der Waals surface area contributed by atoms with Gasteiger partial charge in [0.25, 0.3) is 0 Å². The third-order valence-electron chi connectivity index (χ3n) is 2.92. The molecular formula is C11H22N2O2. The third kappa shape index (κ3) is 3.47. The van der Waals surface area contributed by atoms with Gasteiger partial charge < -0.3 is 15.4 Å². The Morgan fingerprint density at radius 2 is 2.40 bits per heavy atom. The molecule has 4 heteroatoms. The summed E-state index contributed by atoms with van der Waals surface area (Å²) in [6, 6.07) is -0.387. The van der Waals surface area contributed by atoms with Crippen LogP contribution in [0.5, 0.6) is 0 Å². The van der Waals surface area contributed by atoms with Gasteiger partial charge >= 0.3 is 0 Å². The summed E-state index contributed by atoms with van der Waals surface area (Å²) in [6.45, 7) is 4.27. The monoisotopic (exact) mass is 214 g/mol. The summed E-state index contributed by atoms with van der Waals surface area (Å²) in [7, 11) is 1.81. The number of ether oxygens (including phenoxy) is 1. The van der Waals surface area contributed by atoms with E-state index in [0.717, 1.165) is 32.4 Å². The maximum absolute atomic E-state index is 11.9. The maximum atomic E-state index is 11.9. The van der Waals surface area contributed by atoms with Gasteiger partial charge in [-0.3, -0.25) is 4.79 Å². The van der Waals surface area contributed by atoms with Crippen LogP contribution in [0, 0.1) is 5.92 Å². The molecule has 1 fully saturated rings. The van der Waals surface area contributed by atoms with Gasteiger partial charge in [0.15, 0.2) is 0 Å². The lowest BCUT2D eigenvalue weighted by atomic mass is 9.93. The van der Waals surface area contributed by atoms with Crippen LogP contribution in [0.1, 0.15) is 26.2 Å². The second-order valence-electron chi connectivity index (χ2n) is 4.26. The topological polar surface area (TPSA) is 55.6 Å². The number of nitrogens with zero attached hydrogens (tertiary/aromatic N) is 1. The van der Waals surface area contributed by atoms with Crippen LogP contribution in [-0.4, -0.2) is 43.7 Å². The zero-order chi connectivity index (χ0) is 11.3. The highest BCUT2D eigenvalue weighted by Gasteiger charge is 2.28. The van der Waals surface area contributed by atoms with Gasteiger partial charge in [-0.05, 0) is 19.3 Å². The number of rotatable bonds is 4. The van der Waals surface area contributed by atoms with E-state index in [0.29, 0.717) is 6.61 Å². The number of carbonyl (C=O) groups excluding carboxylic acids is 1. The number of nitrogens with two attached hydrogens (primary N) is 1. The van der Waals surface area contributed by atoms with Crippen molar-refractivity contribution < 1.29 is 9.53 Å². The van der Waals surface area contributed by atoms with Gasteiger partial charge in [-0.15, -0.1) is 0 Å². The Labute approximate surface area is 91.8 Å². The fourth-order valence-corrected chi connectivity index (χ4v) is 1.95. The number of hydrogen-bond donors (Lipinski definition) is 1. The highest BCUT2D eigenvalue weighted by atomic mass is 16.5. The standard InChI is InChI=1S/C11H22N2O2/c1-3-6-13(2)11(14)10(12)9-5-4-7-15-8-9/h9-10H,3-8,12H2,1-2H3. The molecule has 0 aromatic carbocycles. The molecule has 1 heterocycles. The van der Waals surface area contributed by atoms with Crippen LogP contribution >= 0.6 is 0 Å². The number of carbonyl (C=O) groups is 1. The highest BCUT2D eigenvalue weighted by molar-refractivity contribution is 5.81. The molecule has 1 amide bonds. The van der Waals surface area contributed by atoms with Gasteiger partial charge in [0.05, 0.1) is 12.6 Å². The van der Waals surface area contributed by atoms with Gasteiger partial charge in [0.1, 0.15) is 0 Å². The van der Waals surface area contributed by atoms with E-state index in [1.165, 1.54) is 0 Å². The molecular weight excluding hydrogens is 192 g/mol. The summed E-state index contributed by atoms with van der Waals surface area (Å²) in [4.78, 5) is 13.6. The van der Waals surface area contributed by atoms with Crippen molar-refractivity contribution in [2.24, 2.45) is 11.7 Å². The van der Waals surface area contributed by atoms with E-state index >= 15 is 0 Å². The first-order chi connectivity index (χ1) is 7.16. The molecule has 0 saturated carbocycles. The van der Waals surface area contributed by atoms with Crippen molar-refractivity contribution >= 4 is 5.91 Å². The maximum Gasteiger partial charge on any atom is 0.239 e. The van der Waals surface area contributed by atoms with Crippen molar-refractivity contribution in [3.63, 3.8) is 0 Å². The van der Waals surface area contributed by atoms with E-state index in [-0.39, 0.29) is 17.9 Å². The molecule has 1 saturated heterocycles. The van der Waals surface area contributed by atoms with Gasteiger partial charge in [-0.1, -0.05) is 6.92 Å². The van der Waals surface area contributed by atoms with Gasteiger partial charge in [0.2, 0.25) is 5.91 Å². The highest BCUT2D eigenvalue weighted by Crippen LogP contribution is 2.17. The lowest BCUT2D eigenvalue weighted by Gasteiger charge is -2.29. The average Bonchev–Trinajstić information content (AvgIpc) is 2.28. The largest absolute Gasteiger partial charge is 0.381 e. The Morgan fingerprint density at radius 1 is 1.67 bits per heavy atom. The molecule has 88 valence electrons. The number of hydrogen-bond acceptors (Lipinski definition) is 3. The lowest BCUT2D eigenvalue weighted by Crippen LogP contribution is -2.48. The van der Waals surface area contributed by atoms with Crippen LogP contribution in [-0.2, 0) is 9.53 Å². The summed E-state index contributed by atoms with van der Waals surface area (Å²) in [6.07, 6.45) is 2.99. The molecule has 4 nitrogen and oxygen atoms in total. The molecule has 0 spiro atoms. The summed E-state index contributed by atoms with van der Waals surface area (Å²) >= 11 is 0. The van der Waals surface area contributed by atoms with Crippen molar-refractivity contribution in [2.45, 2.75) is 32.2 Å². The summed E-state index contributed by atoms with van der Waals surface area (Å²) in [5.41, 5.74) is 5.95. The molecule has 2 N–H and O–H groups in total. The zero-order valence-corrected chi connectivity index (χ0v) is 9.74. The van der Waals surface area contributed by atoms with Crippen molar-refractivity contribution in [3.05, 3.63) is 0 Å². The molecule has 0 bridgehead atoms. The molecule has 2 unspecified atom stereocenters. The van der Waals surface area contributed by atoms with E-state index in [2.05, 4.69) is 6.92 Å². The van der Waals surface area contributed by atoms with E-state index in [1.54, 1.807) is 4.90 Å². The predicted octanol–water partition coefficient (Wildman–Crippen LogP) is 0.609. The minimum atomic E-state index is -0.387. The quantitative estimate of drug-likeness (QED) is 0.746. The average molecular weight is 214 g/mol. The third-order valence-corrected chi connectivity index (χ3v) is 2.92. The van der Waals surface area contributed by atoms with E-state index in [4.69, 9.17) is 10.5 Å².